The van der Waals surface area contributed by atoms with Gasteiger partial charge in [-0.25, -0.2) is 0 Å². The Balaban J connectivity index is 1.84. The average Bonchev–Trinajstić information content (AvgIpc) is 2.93. The molecule has 2 aromatic rings. The van der Waals surface area contributed by atoms with E-state index in [0.717, 1.165) is 13.0 Å². The minimum absolute atomic E-state index is 0.0630. The van der Waals surface area contributed by atoms with E-state index in [9.17, 15) is 4.79 Å². The van der Waals surface area contributed by atoms with Crippen molar-refractivity contribution in [2.45, 2.75) is 19.4 Å². The third kappa shape index (κ3) is 1.91. The van der Waals surface area contributed by atoms with Crippen LogP contribution in [-0.2, 0) is 11.2 Å². The second-order valence-corrected chi connectivity index (χ2v) is 6.32. The Morgan fingerprint density at radius 1 is 1.45 bits per heavy atom. The van der Waals surface area contributed by atoms with Crippen molar-refractivity contribution in [1.29, 1.82) is 0 Å². The molecule has 1 aromatic carbocycles. The Morgan fingerprint density at radius 2 is 2.32 bits per heavy atom. The summed E-state index contributed by atoms with van der Waals surface area (Å²) in [5, 5.41) is 4.28. The minimum atomic E-state index is -0.0630. The number of likely N-dealkylation sites (N-methyl/N-ethyl adjacent to an activating group) is 1. The SMILES string of the molecule is CCNC(=O)[C@H]1C=C2c3cccc4[nH]cc(c34)C[C@H]2N(C)C1. The zero-order valence-corrected chi connectivity index (χ0v) is 13.0. The molecule has 22 heavy (non-hydrogen) atoms. The fraction of sp³-hybridized carbons (Fsp3) is 0.389. The van der Waals surface area contributed by atoms with E-state index in [-0.39, 0.29) is 11.8 Å². The highest BCUT2D eigenvalue weighted by molar-refractivity contribution is 5.99. The Hall–Kier alpha value is -2.07. The average molecular weight is 295 g/mol. The molecule has 0 saturated heterocycles. The quantitative estimate of drug-likeness (QED) is 0.892. The van der Waals surface area contributed by atoms with Gasteiger partial charge in [0, 0.05) is 36.2 Å². The molecule has 2 N–H and O–H groups in total. The van der Waals surface area contributed by atoms with Crippen LogP contribution >= 0.6 is 0 Å². The van der Waals surface area contributed by atoms with Crippen LogP contribution in [0.2, 0.25) is 0 Å². The molecule has 0 fully saturated rings. The summed E-state index contributed by atoms with van der Waals surface area (Å²) in [4.78, 5) is 18.0. The fourth-order valence-corrected chi connectivity index (χ4v) is 3.92. The van der Waals surface area contributed by atoms with E-state index in [0.29, 0.717) is 12.6 Å². The normalized spacial score (nSPS) is 24.0. The van der Waals surface area contributed by atoms with E-state index < -0.39 is 0 Å². The molecule has 2 heterocycles. The highest BCUT2D eigenvalue weighted by Gasteiger charge is 2.35. The van der Waals surface area contributed by atoms with Gasteiger partial charge in [-0.15, -0.1) is 0 Å². The molecule has 0 spiro atoms. The first-order valence-electron chi connectivity index (χ1n) is 7.98. The molecule has 1 aliphatic heterocycles. The van der Waals surface area contributed by atoms with Gasteiger partial charge in [0.25, 0.3) is 0 Å². The lowest BCUT2D eigenvalue weighted by atomic mass is 9.80. The first-order chi connectivity index (χ1) is 10.7. The summed E-state index contributed by atoms with van der Waals surface area (Å²) in [6, 6.07) is 6.78. The van der Waals surface area contributed by atoms with Gasteiger partial charge in [0.2, 0.25) is 5.91 Å². The molecule has 4 nitrogen and oxygen atoms in total. The molecule has 0 bridgehead atoms. The molecular formula is C18H21N3O. The van der Waals surface area contributed by atoms with Gasteiger partial charge in [-0.2, -0.15) is 0 Å². The number of nitrogens with zero attached hydrogens (tertiary/aromatic N) is 1. The molecular weight excluding hydrogens is 274 g/mol. The van der Waals surface area contributed by atoms with Crippen LogP contribution in [0.15, 0.2) is 30.5 Å². The van der Waals surface area contributed by atoms with Gasteiger partial charge < -0.3 is 10.3 Å². The van der Waals surface area contributed by atoms with Crippen LogP contribution in [0.4, 0.5) is 0 Å². The molecule has 4 rings (SSSR count). The Morgan fingerprint density at radius 3 is 3.14 bits per heavy atom. The summed E-state index contributed by atoms with van der Waals surface area (Å²) in [7, 11) is 2.13. The van der Waals surface area contributed by atoms with Crippen molar-refractivity contribution >= 4 is 22.4 Å². The number of H-pyrrole nitrogens is 1. The monoisotopic (exact) mass is 295 g/mol. The summed E-state index contributed by atoms with van der Waals surface area (Å²) in [6.07, 6.45) is 5.34. The predicted octanol–water partition coefficient (Wildman–Crippen LogP) is 2.17. The number of amides is 1. The Bertz CT molecular complexity index is 774. The molecule has 0 saturated carbocycles. The summed E-state index contributed by atoms with van der Waals surface area (Å²) >= 11 is 0. The van der Waals surface area contributed by atoms with E-state index in [1.165, 1.54) is 27.6 Å². The van der Waals surface area contributed by atoms with Gasteiger partial charge in [0.1, 0.15) is 0 Å². The van der Waals surface area contributed by atoms with Crippen molar-refractivity contribution < 1.29 is 4.79 Å². The first kappa shape index (κ1) is 13.6. The van der Waals surface area contributed by atoms with Crippen LogP contribution in [0.1, 0.15) is 18.1 Å². The number of aromatic amines is 1. The maximum absolute atomic E-state index is 12.3. The Labute approximate surface area is 130 Å². The van der Waals surface area contributed by atoms with E-state index in [2.05, 4.69) is 52.7 Å². The number of hydrogen-bond acceptors (Lipinski definition) is 2. The number of carbonyl (C=O) groups excluding carboxylic acids is 1. The number of aromatic nitrogens is 1. The molecule has 4 heteroatoms. The summed E-state index contributed by atoms with van der Waals surface area (Å²) in [5.41, 5.74) is 5.17. The highest BCUT2D eigenvalue weighted by atomic mass is 16.1. The number of nitrogens with one attached hydrogen (secondary N) is 2. The Kier molecular flexibility index (Phi) is 3.08. The third-order valence-electron chi connectivity index (χ3n) is 4.96. The van der Waals surface area contributed by atoms with Crippen LogP contribution in [0.5, 0.6) is 0 Å². The third-order valence-corrected chi connectivity index (χ3v) is 4.96. The zero-order valence-electron chi connectivity index (χ0n) is 13.0. The molecule has 0 radical (unpaired) electrons. The van der Waals surface area contributed by atoms with Crippen molar-refractivity contribution in [3.05, 3.63) is 41.6 Å². The lowest BCUT2D eigenvalue weighted by Crippen LogP contribution is -2.46. The molecule has 0 unspecified atom stereocenters. The molecule has 1 aromatic heterocycles. The minimum Gasteiger partial charge on any atom is -0.361 e. The van der Waals surface area contributed by atoms with Crippen molar-refractivity contribution in [2.24, 2.45) is 5.92 Å². The molecule has 2 aliphatic rings. The van der Waals surface area contributed by atoms with E-state index in [1.54, 1.807) is 0 Å². The van der Waals surface area contributed by atoms with Gasteiger partial charge in [0.15, 0.2) is 0 Å². The summed E-state index contributed by atoms with van der Waals surface area (Å²) in [6.45, 7) is 3.44. The molecule has 2 atom stereocenters. The van der Waals surface area contributed by atoms with E-state index in [4.69, 9.17) is 0 Å². The lowest BCUT2D eigenvalue weighted by molar-refractivity contribution is -0.124. The zero-order chi connectivity index (χ0) is 15.3. The summed E-state index contributed by atoms with van der Waals surface area (Å²) < 4.78 is 0. The van der Waals surface area contributed by atoms with Crippen molar-refractivity contribution in [2.75, 3.05) is 20.1 Å². The van der Waals surface area contributed by atoms with E-state index in [1.807, 2.05) is 6.92 Å². The van der Waals surface area contributed by atoms with Crippen molar-refractivity contribution in [3.63, 3.8) is 0 Å². The highest BCUT2D eigenvalue weighted by Crippen LogP contribution is 2.40. The maximum atomic E-state index is 12.3. The number of benzene rings is 1. The lowest BCUT2D eigenvalue weighted by Gasteiger charge is -2.39. The molecule has 1 amide bonds. The summed E-state index contributed by atoms with van der Waals surface area (Å²) in [5.74, 6) is 0.0688. The first-order valence-corrected chi connectivity index (χ1v) is 7.98. The topological polar surface area (TPSA) is 48.1 Å². The van der Waals surface area contributed by atoms with Gasteiger partial charge >= 0.3 is 0 Å². The number of carbonyl (C=O) groups is 1. The van der Waals surface area contributed by atoms with Crippen LogP contribution < -0.4 is 5.32 Å². The predicted molar refractivity (Wildman–Crippen MR) is 88.6 cm³/mol. The van der Waals surface area contributed by atoms with Crippen LogP contribution in [0.25, 0.3) is 16.5 Å². The second-order valence-electron chi connectivity index (χ2n) is 6.32. The maximum Gasteiger partial charge on any atom is 0.228 e. The van der Waals surface area contributed by atoms with Crippen LogP contribution in [-0.4, -0.2) is 42.0 Å². The smallest absolute Gasteiger partial charge is 0.228 e. The van der Waals surface area contributed by atoms with E-state index >= 15 is 0 Å². The van der Waals surface area contributed by atoms with Gasteiger partial charge in [0.05, 0.1) is 5.92 Å². The largest absolute Gasteiger partial charge is 0.361 e. The number of fused-ring (bicyclic) bond motifs is 2. The molecule has 114 valence electrons. The number of rotatable bonds is 2. The second kappa shape index (κ2) is 4.99. The molecule has 1 aliphatic carbocycles. The van der Waals surface area contributed by atoms with Gasteiger partial charge in [-0.3, -0.25) is 9.69 Å². The fourth-order valence-electron chi connectivity index (χ4n) is 3.92. The van der Waals surface area contributed by atoms with Crippen LogP contribution in [0.3, 0.4) is 0 Å². The number of hydrogen-bond donors (Lipinski definition) is 2. The standard InChI is InChI=1S/C18H21N3O/c1-3-19-18(22)12-7-14-13-5-4-6-15-17(13)11(9-20-15)8-16(14)21(2)10-12/h4-7,9,12,16,20H,3,8,10H2,1-2H3,(H,19,22)/t12-,16+/m0/s1. The van der Waals surface area contributed by atoms with Crippen LogP contribution in [0, 0.1) is 5.92 Å². The van der Waals surface area contributed by atoms with Crippen molar-refractivity contribution in [3.8, 4) is 0 Å². The van der Waals surface area contributed by atoms with Gasteiger partial charge in [-0.05, 0) is 43.2 Å². The van der Waals surface area contributed by atoms with Crippen molar-refractivity contribution in [1.82, 2.24) is 15.2 Å². The van der Waals surface area contributed by atoms with Gasteiger partial charge in [-0.1, -0.05) is 18.2 Å².